The zero-order valence-electron chi connectivity index (χ0n) is 18.3. The Bertz CT molecular complexity index is 1260. The molecule has 1 N–H and O–H groups in total. The number of halogens is 3. The fraction of sp³-hybridized carbons (Fsp3) is 0.208. The molecule has 3 rings (SSSR count). The number of sulfonamides is 1. The van der Waals surface area contributed by atoms with Crippen LogP contribution in [-0.4, -0.2) is 28.0 Å². The van der Waals surface area contributed by atoms with Gasteiger partial charge in [-0.3, -0.25) is 0 Å². The van der Waals surface area contributed by atoms with Gasteiger partial charge in [-0.15, -0.1) is 0 Å². The zero-order valence-corrected chi connectivity index (χ0v) is 19.2. The molecule has 10 heteroatoms. The number of aryl methyl sites for hydroxylation is 1. The van der Waals surface area contributed by atoms with Crippen molar-refractivity contribution in [1.29, 1.82) is 0 Å². The first kappa shape index (κ1) is 25.3. The van der Waals surface area contributed by atoms with Crippen molar-refractivity contribution in [3.05, 3.63) is 89.0 Å². The predicted molar refractivity (Wildman–Crippen MR) is 119 cm³/mol. The van der Waals surface area contributed by atoms with Crippen LogP contribution in [0.3, 0.4) is 0 Å². The fourth-order valence-electron chi connectivity index (χ4n) is 3.08. The maximum Gasteiger partial charge on any atom is 0.416 e. The lowest BCUT2D eigenvalue weighted by Crippen LogP contribution is -2.26. The number of methoxy groups -OCH3 is 1. The van der Waals surface area contributed by atoms with Crippen LogP contribution < -0.4 is 9.46 Å². The minimum atomic E-state index is -4.41. The summed E-state index contributed by atoms with van der Waals surface area (Å²) in [5.41, 5.74) is 0.838. The Morgan fingerprint density at radius 2 is 1.53 bits per heavy atom. The first-order valence-electron chi connectivity index (χ1n) is 10.1. The number of hydrogen-bond donors (Lipinski definition) is 1. The van der Waals surface area contributed by atoms with Gasteiger partial charge in [0.15, 0.2) is 0 Å². The minimum Gasteiger partial charge on any atom is -0.465 e. The predicted octanol–water partition coefficient (Wildman–Crippen LogP) is 5.11. The molecule has 180 valence electrons. The second-order valence-electron chi connectivity index (χ2n) is 7.38. The lowest BCUT2D eigenvalue weighted by atomic mass is 10.1. The Labute approximate surface area is 195 Å². The number of nitrogens with one attached hydrogen (secondary N) is 1. The Balaban J connectivity index is 1.58. The molecule has 3 aromatic carbocycles. The minimum absolute atomic E-state index is 0.0428. The second kappa shape index (κ2) is 10.3. The number of carbonyl (C=O) groups excluding carboxylic acids is 1. The molecule has 6 nitrogen and oxygen atoms in total. The maximum atomic E-state index is 12.6. The molecule has 0 unspecified atom stereocenters. The summed E-state index contributed by atoms with van der Waals surface area (Å²) in [6, 6.07) is 15.3. The summed E-state index contributed by atoms with van der Waals surface area (Å²) < 4.78 is 75.8. The van der Waals surface area contributed by atoms with E-state index >= 15 is 0 Å². The third-order valence-corrected chi connectivity index (χ3v) is 6.43. The Morgan fingerprint density at radius 1 is 0.941 bits per heavy atom. The van der Waals surface area contributed by atoms with Crippen LogP contribution in [0.4, 0.5) is 13.2 Å². The van der Waals surface area contributed by atoms with Crippen molar-refractivity contribution in [1.82, 2.24) is 4.72 Å². The molecule has 0 radical (unpaired) electrons. The first-order chi connectivity index (χ1) is 16.0. The number of ether oxygens (including phenoxy) is 2. The van der Waals surface area contributed by atoms with Gasteiger partial charge < -0.3 is 9.47 Å². The van der Waals surface area contributed by atoms with Crippen molar-refractivity contribution in [3.8, 4) is 11.5 Å². The molecule has 3 aromatic rings. The first-order valence-corrected chi connectivity index (χ1v) is 11.6. The standard InChI is InChI=1S/C24H22F3NO5S/c1-16-3-12-21(15-22(16)23(29)32-2)34(30,31)28-14-13-17-4-8-19(9-5-17)33-20-10-6-18(7-11-20)24(25,26)27/h3-12,15,28H,13-14H2,1-2H3. The molecular formula is C24H22F3NO5S. The smallest absolute Gasteiger partial charge is 0.416 e. The average molecular weight is 494 g/mol. The summed E-state index contributed by atoms with van der Waals surface area (Å²) in [7, 11) is -2.61. The van der Waals surface area contributed by atoms with E-state index in [0.29, 0.717) is 17.7 Å². The van der Waals surface area contributed by atoms with E-state index in [1.807, 2.05) is 0 Å². The quantitative estimate of drug-likeness (QED) is 0.441. The molecular weight excluding hydrogens is 471 g/mol. The van der Waals surface area contributed by atoms with Gasteiger partial charge in [-0.1, -0.05) is 18.2 Å². The van der Waals surface area contributed by atoms with E-state index in [-0.39, 0.29) is 22.8 Å². The lowest BCUT2D eigenvalue weighted by molar-refractivity contribution is -0.137. The number of alkyl halides is 3. The van der Waals surface area contributed by atoms with Gasteiger partial charge in [-0.25, -0.2) is 17.9 Å². The maximum absolute atomic E-state index is 12.6. The summed E-state index contributed by atoms with van der Waals surface area (Å²) in [5, 5.41) is 0. The van der Waals surface area contributed by atoms with E-state index in [1.54, 1.807) is 31.2 Å². The molecule has 0 heterocycles. The summed E-state index contributed by atoms with van der Waals surface area (Å²) >= 11 is 0. The topological polar surface area (TPSA) is 81.7 Å². The van der Waals surface area contributed by atoms with E-state index < -0.39 is 27.7 Å². The Morgan fingerprint density at radius 3 is 2.09 bits per heavy atom. The number of esters is 1. The van der Waals surface area contributed by atoms with Crippen molar-refractivity contribution >= 4 is 16.0 Å². The molecule has 0 amide bonds. The molecule has 0 atom stereocenters. The van der Waals surface area contributed by atoms with Gasteiger partial charge in [0.05, 0.1) is 23.1 Å². The monoisotopic (exact) mass is 493 g/mol. The van der Waals surface area contributed by atoms with Gasteiger partial charge in [0.25, 0.3) is 0 Å². The summed E-state index contributed by atoms with van der Waals surface area (Å²) in [4.78, 5) is 11.8. The number of rotatable bonds is 8. The largest absolute Gasteiger partial charge is 0.465 e. The Kier molecular flexibility index (Phi) is 7.63. The molecule has 0 saturated carbocycles. The summed E-state index contributed by atoms with van der Waals surface area (Å²) in [5.74, 6) is 0.0742. The molecule has 0 aromatic heterocycles. The molecule has 0 aliphatic carbocycles. The molecule has 0 bridgehead atoms. The van der Waals surface area contributed by atoms with Gasteiger partial charge in [0, 0.05) is 6.54 Å². The van der Waals surface area contributed by atoms with Crippen LogP contribution in [0.15, 0.2) is 71.6 Å². The van der Waals surface area contributed by atoms with Crippen molar-refractivity contribution < 1.29 is 35.9 Å². The Hall–Kier alpha value is -3.37. The zero-order chi connectivity index (χ0) is 24.9. The molecule has 34 heavy (non-hydrogen) atoms. The highest BCUT2D eigenvalue weighted by molar-refractivity contribution is 7.89. The van der Waals surface area contributed by atoms with Gasteiger partial charge in [0.1, 0.15) is 11.5 Å². The highest BCUT2D eigenvalue weighted by atomic mass is 32.2. The van der Waals surface area contributed by atoms with Crippen molar-refractivity contribution in [2.75, 3.05) is 13.7 Å². The molecule has 0 saturated heterocycles. The van der Waals surface area contributed by atoms with Crippen molar-refractivity contribution in [3.63, 3.8) is 0 Å². The van der Waals surface area contributed by atoms with E-state index in [1.165, 1.54) is 37.4 Å². The third-order valence-electron chi connectivity index (χ3n) is 4.97. The van der Waals surface area contributed by atoms with E-state index in [0.717, 1.165) is 17.7 Å². The molecule has 0 aliphatic heterocycles. The van der Waals surface area contributed by atoms with Crippen LogP contribution in [0.1, 0.15) is 27.0 Å². The lowest BCUT2D eigenvalue weighted by Gasteiger charge is -2.11. The summed E-state index contributed by atoms with van der Waals surface area (Å²) in [6.45, 7) is 1.80. The van der Waals surface area contributed by atoms with Crippen molar-refractivity contribution in [2.24, 2.45) is 0 Å². The highest BCUT2D eigenvalue weighted by Crippen LogP contribution is 2.31. The van der Waals surface area contributed by atoms with Crippen molar-refractivity contribution in [2.45, 2.75) is 24.4 Å². The normalized spacial score (nSPS) is 11.8. The van der Waals surface area contributed by atoms with Crippen LogP contribution in [0.2, 0.25) is 0 Å². The molecule has 0 fully saturated rings. The number of carbonyl (C=O) groups is 1. The summed E-state index contributed by atoms with van der Waals surface area (Å²) in [6.07, 6.45) is -4.03. The van der Waals surface area contributed by atoms with Gasteiger partial charge in [0.2, 0.25) is 10.0 Å². The fourth-order valence-corrected chi connectivity index (χ4v) is 4.14. The van der Waals surface area contributed by atoms with Crippen LogP contribution in [-0.2, 0) is 27.4 Å². The highest BCUT2D eigenvalue weighted by Gasteiger charge is 2.30. The molecule has 0 aliphatic rings. The van der Waals surface area contributed by atoms with Crippen LogP contribution in [0.25, 0.3) is 0 Å². The van der Waals surface area contributed by atoms with E-state index in [2.05, 4.69) is 9.46 Å². The van der Waals surface area contributed by atoms with Crippen LogP contribution >= 0.6 is 0 Å². The average Bonchev–Trinajstić information content (AvgIpc) is 2.79. The third kappa shape index (κ3) is 6.36. The van der Waals surface area contributed by atoms with E-state index in [4.69, 9.17) is 4.74 Å². The van der Waals surface area contributed by atoms with Gasteiger partial charge >= 0.3 is 12.1 Å². The van der Waals surface area contributed by atoms with Gasteiger partial charge in [-0.2, -0.15) is 13.2 Å². The number of hydrogen-bond acceptors (Lipinski definition) is 5. The number of benzene rings is 3. The molecule has 0 spiro atoms. The second-order valence-corrected chi connectivity index (χ2v) is 9.15. The van der Waals surface area contributed by atoms with Crippen LogP contribution in [0.5, 0.6) is 11.5 Å². The van der Waals surface area contributed by atoms with E-state index in [9.17, 15) is 26.4 Å². The van der Waals surface area contributed by atoms with Crippen LogP contribution in [0, 0.1) is 6.92 Å². The van der Waals surface area contributed by atoms with Gasteiger partial charge in [-0.05, 0) is 73.0 Å². The SMILES string of the molecule is COC(=O)c1cc(S(=O)(=O)NCCc2ccc(Oc3ccc(C(F)(F)F)cc3)cc2)ccc1C.